The van der Waals surface area contributed by atoms with E-state index in [4.69, 9.17) is 4.74 Å². The van der Waals surface area contributed by atoms with E-state index in [2.05, 4.69) is 33.2 Å². The van der Waals surface area contributed by atoms with Crippen LogP contribution >= 0.6 is 23.3 Å². The van der Waals surface area contributed by atoms with Crippen molar-refractivity contribution in [1.82, 2.24) is 9.62 Å². The maximum absolute atomic E-state index is 13.2. The van der Waals surface area contributed by atoms with Crippen molar-refractivity contribution in [3.63, 3.8) is 0 Å². The highest BCUT2D eigenvalue weighted by Crippen LogP contribution is 2.29. The lowest BCUT2D eigenvalue weighted by molar-refractivity contribution is -0.127. The Morgan fingerprint density at radius 3 is 2.64 bits per heavy atom. The molecule has 1 fully saturated rings. The molecule has 1 saturated carbocycles. The van der Waals surface area contributed by atoms with Gasteiger partial charge in [-0.25, -0.2) is 4.31 Å². The number of benzene rings is 2. The minimum Gasteiger partial charge on any atom is -0.497 e. The topological polar surface area (TPSA) is 61.8 Å². The van der Waals surface area contributed by atoms with Gasteiger partial charge < -0.3 is 15.2 Å². The summed E-state index contributed by atoms with van der Waals surface area (Å²) in [6, 6.07) is 21.9. The maximum atomic E-state index is 13.2. The van der Waals surface area contributed by atoms with Crippen LogP contribution in [0.1, 0.15) is 42.5 Å². The van der Waals surface area contributed by atoms with Crippen LogP contribution in [0.5, 0.6) is 5.75 Å². The van der Waals surface area contributed by atoms with Gasteiger partial charge in [0.2, 0.25) is 5.91 Å². The van der Waals surface area contributed by atoms with Crippen molar-refractivity contribution in [3.8, 4) is 5.75 Å². The predicted octanol–water partition coefficient (Wildman–Crippen LogP) is 5.93. The summed E-state index contributed by atoms with van der Waals surface area (Å²) in [5.74, 6) is 0.941. The molecule has 2 unspecified atom stereocenters. The van der Waals surface area contributed by atoms with Gasteiger partial charge in [-0.05, 0) is 66.4 Å². The molecule has 192 valence electrons. The second kappa shape index (κ2) is 13.8. The smallest absolute Gasteiger partial charge is 0.223 e. The minimum absolute atomic E-state index is 0.0533. The number of nitrogens with zero attached hydrogens (tertiary/aromatic N) is 1. The van der Waals surface area contributed by atoms with Crippen molar-refractivity contribution >= 4 is 29.2 Å². The highest BCUT2D eigenvalue weighted by atomic mass is 32.2. The summed E-state index contributed by atoms with van der Waals surface area (Å²) in [6.45, 7) is 1.12. The number of rotatable bonds is 12. The van der Waals surface area contributed by atoms with Gasteiger partial charge in [-0.3, -0.25) is 4.79 Å². The second-order valence-corrected chi connectivity index (χ2v) is 11.6. The van der Waals surface area contributed by atoms with Crippen LogP contribution in [0.25, 0.3) is 0 Å². The number of amides is 1. The predicted molar refractivity (Wildman–Crippen MR) is 148 cm³/mol. The monoisotopic (exact) mass is 524 g/mol. The van der Waals surface area contributed by atoms with E-state index in [0.29, 0.717) is 19.5 Å². The highest BCUT2D eigenvalue weighted by Gasteiger charge is 2.28. The number of methoxy groups -OCH3 is 1. The van der Waals surface area contributed by atoms with Crippen LogP contribution in [0, 0.1) is 5.92 Å². The van der Waals surface area contributed by atoms with E-state index >= 15 is 0 Å². The van der Waals surface area contributed by atoms with Crippen LogP contribution in [0.2, 0.25) is 0 Å². The van der Waals surface area contributed by atoms with Crippen LogP contribution in [0.15, 0.2) is 77.0 Å². The van der Waals surface area contributed by atoms with Gasteiger partial charge in [0.25, 0.3) is 0 Å². The first-order chi connectivity index (χ1) is 17.6. The summed E-state index contributed by atoms with van der Waals surface area (Å²) in [5, 5.41) is 16.8. The Labute approximate surface area is 223 Å². The highest BCUT2D eigenvalue weighted by molar-refractivity contribution is 7.97. The van der Waals surface area contributed by atoms with Gasteiger partial charge in [-0.1, -0.05) is 61.7 Å². The van der Waals surface area contributed by atoms with E-state index in [1.165, 1.54) is 11.3 Å². The van der Waals surface area contributed by atoms with Crippen molar-refractivity contribution in [3.05, 3.63) is 82.6 Å². The molecule has 0 aliphatic heterocycles. The van der Waals surface area contributed by atoms with Gasteiger partial charge in [0.05, 0.1) is 19.3 Å². The number of ether oxygens (including phenoxy) is 1. The number of aliphatic hydroxyl groups is 1. The Morgan fingerprint density at radius 2 is 1.92 bits per heavy atom. The molecule has 0 radical (unpaired) electrons. The second-order valence-electron chi connectivity index (χ2n) is 9.38. The number of thiophene rings is 1. The molecule has 1 aliphatic rings. The molecule has 3 aromatic rings. The molecule has 36 heavy (non-hydrogen) atoms. The quantitative estimate of drug-likeness (QED) is 0.287. The summed E-state index contributed by atoms with van der Waals surface area (Å²) in [7, 11) is 1.67. The first-order valence-electron chi connectivity index (χ1n) is 12.7. The molecular weight excluding hydrogens is 488 g/mol. The molecule has 2 aromatic carbocycles. The molecular formula is C29H36N2O3S2. The van der Waals surface area contributed by atoms with Gasteiger partial charge in [0, 0.05) is 28.8 Å². The third-order valence-electron chi connectivity index (χ3n) is 6.65. The average molecular weight is 525 g/mol. The fourth-order valence-electron chi connectivity index (χ4n) is 4.67. The van der Waals surface area contributed by atoms with Crippen LogP contribution in [0.4, 0.5) is 0 Å². The Balaban J connectivity index is 1.50. The molecule has 1 amide bonds. The van der Waals surface area contributed by atoms with Crippen molar-refractivity contribution in [1.29, 1.82) is 0 Å². The van der Waals surface area contributed by atoms with Gasteiger partial charge >= 0.3 is 0 Å². The van der Waals surface area contributed by atoms with Gasteiger partial charge in [-0.15, -0.1) is 11.3 Å². The lowest BCUT2D eigenvalue weighted by atomic mass is 9.88. The maximum Gasteiger partial charge on any atom is 0.223 e. The molecule has 1 aromatic heterocycles. The number of aliphatic hydroxyl groups excluding tert-OH is 1. The van der Waals surface area contributed by atoms with Gasteiger partial charge in [-0.2, -0.15) is 0 Å². The Hall–Kier alpha value is -2.32. The third kappa shape index (κ3) is 8.10. The number of hydrogen-bond acceptors (Lipinski definition) is 6. The van der Waals surface area contributed by atoms with Crippen LogP contribution in [-0.2, 0) is 17.8 Å². The van der Waals surface area contributed by atoms with E-state index in [0.717, 1.165) is 41.9 Å². The van der Waals surface area contributed by atoms with Gasteiger partial charge in [0.15, 0.2) is 0 Å². The van der Waals surface area contributed by atoms with Crippen molar-refractivity contribution in [2.24, 2.45) is 5.92 Å². The fraction of sp³-hybridized carbons (Fsp3) is 0.414. The van der Waals surface area contributed by atoms with E-state index in [9.17, 15) is 9.90 Å². The first-order valence-corrected chi connectivity index (χ1v) is 14.4. The summed E-state index contributed by atoms with van der Waals surface area (Å²) in [5.41, 5.74) is 1.11. The van der Waals surface area contributed by atoms with E-state index in [1.807, 2.05) is 48.5 Å². The Kier molecular flexibility index (Phi) is 10.3. The SMILES string of the molecule is COc1cccc(SN(Cc2cccs2)CC(O)C(Cc2ccccc2)NC(=O)C2CCCCC2)c1. The number of hydrogen-bond donors (Lipinski definition) is 2. The first kappa shape index (κ1) is 26.7. The summed E-state index contributed by atoms with van der Waals surface area (Å²) >= 11 is 3.31. The normalized spacial score (nSPS) is 16.0. The standard InChI is InChI=1S/C29H36N2O3S2/c1-34-24-14-8-15-25(19-24)36-31(20-26-16-9-17-35-26)21-28(32)27(18-22-10-4-2-5-11-22)30-29(33)23-12-6-3-7-13-23/h2,4-5,8-11,14-17,19,23,27-28,32H,3,6-7,12-13,18,20-21H2,1H3,(H,30,33). The Morgan fingerprint density at radius 1 is 1.11 bits per heavy atom. The van der Waals surface area contributed by atoms with Crippen molar-refractivity contribution in [2.75, 3.05) is 13.7 Å². The van der Waals surface area contributed by atoms with Crippen molar-refractivity contribution in [2.45, 2.75) is 62.1 Å². The molecule has 1 aliphatic carbocycles. The molecule has 1 heterocycles. The van der Waals surface area contributed by atoms with E-state index in [1.54, 1.807) is 30.4 Å². The largest absolute Gasteiger partial charge is 0.497 e. The molecule has 4 rings (SSSR count). The lowest BCUT2D eigenvalue weighted by Gasteiger charge is -2.31. The summed E-state index contributed by atoms with van der Waals surface area (Å²) in [6.07, 6.45) is 5.17. The summed E-state index contributed by atoms with van der Waals surface area (Å²) in [4.78, 5) is 15.4. The zero-order chi connectivity index (χ0) is 25.2. The number of carbonyl (C=O) groups is 1. The molecule has 0 saturated heterocycles. The number of carbonyl (C=O) groups excluding carboxylic acids is 1. The van der Waals surface area contributed by atoms with Crippen LogP contribution in [-0.4, -0.2) is 41.1 Å². The third-order valence-corrected chi connectivity index (χ3v) is 8.51. The molecule has 2 N–H and O–H groups in total. The fourth-order valence-corrected chi connectivity index (χ4v) is 6.51. The molecule has 5 nitrogen and oxygen atoms in total. The molecule has 0 bridgehead atoms. The zero-order valence-electron chi connectivity index (χ0n) is 20.8. The molecule has 7 heteroatoms. The van der Waals surface area contributed by atoms with Crippen LogP contribution in [0.3, 0.4) is 0 Å². The summed E-state index contributed by atoms with van der Waals surface area (Å²) < 4.78 is 7.58. The Bertz CT molecular complexity index is 1060. The van der Waals surface area contributed by atoms with Crippen molar-refractivity contribution < 1.29 is 14.6 Å². The molecule has 2 atom stereocenters. The average Bonchev–Trinajstić information content (AvgIpc) is 3.42. The lowest BCUT2D eigenvalue weighted by Crippen LogP contribution is -2.50. The number of nitrogens with one attached hydrogen (secondary N) is 1. The van der Waals surface area contributed by atoms with E-state index in [-0.39, 0.29) is 17.9 Å². The minimum atomic E-state index is -0.726. The van der Waals surface area contributed by atoms with Gasteiger partial charge in [0.1, 0.15) is 5.75 Å². The molecule has 0 spiro atoms. The zero-order valence-corrected chi connectivity index (χ0v) is 22.5. The van der Waals surface area contributed by atoms with E-state index < -0.39 is 6.10 Å². The van der Waals surface area contributed by atoms with Crippen LogP contribution < -0.4 is 10.1 Å².